The lowest BCUT2D eigenvalue weighted by molar-refractivity contribution is -0.155. The SMILES string of the molecule is COC(=O)C1CN(C(=O)Cc2ccc(OCC[C@@H]3C[C@@H]3C3CCN(c4ncc(C)cn4)CC3)cc2F)C1. The van der Waals surface area contributed by atoms with E-state index in [1.807, 2.05) is 19.3 Å². The molecule has 2 atom stereocenters. The molecule has 198 valence electrons. The first kappa shape index (κ1) is 25.4. The highest BCUT2D eigenvalue weighted by molar-refractivity contribution is 5.83. The topological polar surface area (TPSA) is 84.9 Å². The quantitative estimate of drug-likeness (QED) is 0.478. The van der Waals surface area contributed by atoms with E-state index in [-0.39, 0.29) is 24.2 Å². The molecule has 1 amide bonds. The second-order valence-corrected chi connectivity index (χ2v) is 10.6. The molecule has 2 aromatic rings. The van der Waals surface area contributed by atoms with Gasteiger partial charge in [-0.1, -0.05) is 6.07 Å². The standard InChI is InChI=1S/C28H35FN4O4/c1-18-14-30-28(31-15-18)32-8-5-19(6-9-32)24-11-20(24)7-10-37-23-4-3-21(25(29)13-23)12-26(34)33-16-22(17-33)27(35)36-2/h3-4,13-15,19-20,22,24H,5-12,16-17H2,1-2H3/t20-,24-/m1/s1. The first-order chi connectivity index (χ1) is 17.9. The average Bonchev–Trinajstić information content (AvgIpc) is 3.65. The van der Waals surface area contributed by atoms with Gasteiger partial charge in [-0.25, -0.2) is 14.4 Å². The van der Waals surface area contributed by atoms with Gasteiger partial charge in [0, 0.05) is 44.6 Å². The molecule has 0 unspecified atom stereocenters. The largest absolute Gasteiger partial charge is 0.493 e. The Morgan fingerprint density at radius 1 is 1.14 bits per heavy atom. The van der Waals surface area contributed by atoms with E-state index >= 15 is 0 Å². The van der Waals surface area contributed by atoms with Gasteiger partial charge in [0.1, 0.15) is 11.6 Å². The van der Waals surface area contributed by atoms with Crippen LogP contribution in [0, 0.1) is 36.4 Å². The van der Waals surface area contributed by atoms with Crippen LogP contribution < -0.4 is 9.64 Å². The summed E-state index contributed by atoms with van der Waals surface area (Å²) in [5.74, 6) is 2.29. The fourth-order valence-corrected chi connectivity index (χ4v) is 5.62. The number of aromatic nitrogens is 2. The molecule has 0 radical (unpaired) electrons. The van der Waals surface area contributed by atoms with Crippen molar-refractivity contribution in [1.29, 1.82) is 0 Å². The molecule has 0 spiro atoms. The number of benzene rings is 1. The summed E-state index contributed by atoms with van der Waals surface area (Å²) in [6.45, 7) is 5.24. The van der Waals surface area contributed by atoms with Crippen molar-refractivity contribution in [3.63, 3.8) is 0 Å². The highest BCUT2D eigenvalue weighted by Crippen LogP contribution is 2.49. The number of hydrogen-bond donors (Lipinski definition) is 0. The molecular formula is C28H35FN4O4. The average molecular weight is 511 g/mol. The number of piperidine rings is 1. The van der Waals surface area contributed by atoms with Crippen molar-refractivity contribution in [2.75, 3.05) is 44.8 Å². The van der Waals surface area contributed by atoms with E-state index < -0.39 is 5.82 Å². The number of carbonyl (C=O) groups is 2. The first-order valence-electron chi connectivity index (χ1n) is 13.2. The molecule has 3 fully saturated rings. The zero-order chi connectivity index (χ0) is 25.9. The van der Waals surface area contributed by atoms with Crippen LogP contribution in [0.2, 0.25) is 0 Å². The Labute approximate surface area is 217 Å². The van der Waals surface area contributed by atoms with E-state index in [0.717, 1.165) is 42.9 Å². The van der Waals surface area contributed by atoms with Crippen LogP contribution in [-0.4, -0.2) is 66.6 Å². The molecule has 2 aliphatic heterocycles. The second kappa shape index (κ2) is 11.0. The number of ether oxygens (including phenoxy) is 2. The van der Waals surface area contributed by atoms with Gasteiger partial charge >= 0.3 is 5.97 Å². The summed E-state index contributed by atoms with van der Waals surface area (Å²) < 4.78 is 25.1. The van der Waals surface area contributed by atoms with Gasteiger partial charge in [-0.15, -0.1) is 0 Å². The summed E-state index contributed by atoms with van der Waals surface area (Å²) in [4.78, 5) is 36.6. The van der Waals surface area contributed by atoms with Crippen molar-refractivity contribution in [1.82, 2.24) is 14.9 Å². The number of aryl methyl sites for hydroxylation is 1. The monoisotopic (exact) mass is 510 g/mol. The van der Waals surface area contributed by atoms with Crippen LogP contribution in [0.15, 0.2) is 30.6 Å². The van der Waals surface area contributed by atoms with Gasteiger partial charge in [-0.2, -0.15) is 0 Å². The molecule has 3 aliphatic rings. The van der Waals surface area contributed by atoms with Crippen LogP contribution in [0.3, 0.4) is 0 Å². The van der Waals surface area contributed by atoms with E-state index in [1.165, 1.54) is 32.4 Å². The molecule has 0 bridgehead atoms. The number of hydrogen-bond acceptors (Lipinski definition) is 7. The Bertz CT molecular complexity index is 1110. The summed E-state index contributed by atoms with van der Waals surface area (Å²) >= 11 is 0. The zero-order valence-electron chi connectivity index (χ0n) is 21.6. The van der Waals surface area contributed by atoms with Crippen LogP contribution >= 0.6 is 0 Å². The first-order valence-corrected chi connectivity index (χ1v) is 13.2. The lowest BCUT2D eigenvalue weighted by Crippen LogP contribution is -2.53. The lowest BCUT2D eigenvalue weighted by Gasteiger charge is -2.37. The normalized spacial score (nSPS) is 21.9. The van der Waals surface area contributed by atoms with E-state index in [0.29, 0.717) is 36.9 Å². The minimum atomic E-state index is -0.440. The van der Waals surface area contributed by atoms with Crippen LogP contribution in [0.4, 0.5) is 10.3 Å². The molecule has 2 saturated heterocycles. The number of nitrogens with zero attached hydrogens (tertiary/aromatic N) is 4. The Morgan fingerprint density at radius 2 is 1.86 bits per heavy atom. The van der Waals surface area contributed by atoms with Crippen LogP contribution in [-0.2, 0) is 20.7 Å². The fraction of sp³-hybridized carbons (Fsp3) is 0.571. The third-order valence-corrected chi connectivity index (χ3v) is 8.06. The number of anilines is 1. The zero-order valence-corrected chi connectivity index (χ0v) is 21.6. The van der Waals surface area contributed by atoms with Crippen molar-refractivity contribution in [3.8, 4) is 5.75 Å². The molecule has 8 nitrogen and oxygen atoms in total. The molecule has 1 aliphatic carbocycles. The third-order valence-electron chi connectivity index (χ3n) is 8.06. The van der Waals surface area contributed by atoms with E-state index in [9.17, 15) is 14.0 Å². The number of esters is 1. The minimum absolute atomic E-state index is 0.0292. The Hall–Kier alpha value is -3.23. The maximum absolute atomic E-state index is 14.6. The van der Waals surface area contributed by atoms with E-state index in [4.69, 9.17) is 4.74 Å². The highest BCUT2D eigenvalue weighted by Gasteiger charge is 2.43. The predicted molar refractivity (Wildman–Crippen MR) is 136 cm³/mol. The third kappa shape index (κ3) is 6.02. The van der Waals surface area contributed by atoms with Crippen molar-refractivity contribution in [2.24, 2.45) is 23.7 Å². The summed E-state index contributed by atoms with van der Waals surface area (Å²) in [6.07, 6.45) is 8.29. The van der Waals surface area contributed by atoms with Crippen LogP contribution in [0.25, 0.3) is 0 Å². The number of likely N-dealkylation sites (tertiary alicyclic amines) is 1. The predicted octanol–water partition coefficient (Wildman–Crippen LogP) is 3.42. The van der Waals surface area contributed by atoms with Crippen molar-refractivity contribution >= 4 is 17.8 Å². The van der Waals surface area contributed by atoms with Gasteiger partial charge in [0.25, 0.3) is 0 Å². The molecule has 9 heteroatoms. The van der Waals surface area contributed by atoms with Crippen molar-refractivity contribution < 1.29 is 23.5 Å². The highest BCUT2D eigenvalue weighted by atomic mass is 19.1. The molecular weight excluding hydrogens is 475 g/mol. The Kier molecular flexibility index (Phi) is 7.58. The summed E-state index contributed by atoms with van der Waals surface area (Å²) in [5.41, 5.74) is 1.41. The second-order valence-electron chi connectivity index (χ2n) is 10.6. The van der Waals surface area contributed by atoms with Crippen LogP contribution in [0.1, 0.15) is 36.8 Å². The van der Waals surface area contributed by atoms with Gasteiger partial charge in [-0.3, -0.25) is 9.59 Å². The van der Waals surface area contributed by atoms with E-state index in [1.54, 1.807) is 17.0 Å². The number of amides is 1. The number of halogens is 1. The smallest absolute Gasteiger partial charge is 0.312 e. The lowest BCUT2D eigenvalue weighted by atomic mass is 9.90. The molecule has 37 heavy (non-hydrogen) atoms. The molecule has 0 N–H and O–H groups in total. The molecule has 1 saturated carbocycles. The van der Waals surface area contributed by atoms with Gasteiger partial charge in [0.15, 0.2) is 0 Å². The van der Waals surface area contributed by atoms with Crippen molar-refractivity contribution in [2.45, 2.75) is 39.0 Å². The summed E-state index contributed by atoms with van der Waals surface area (Å²) in [5, 5.41) is 0. The molecule has 1 aromatic carbocycles. The Balaban J connectivity index is 1.00. The Morgan fingerprint density at radius 3 is 2.54 bits per heavy atom. The summed E-state index contributed by atoms with van der Waals surface area (Å²) in [7, 11) is 1.34. The molecule has 5 rings (SSSR count). The number of rotatable bonds is 9. The van der Waals surface area contributed by atoms with Crippen molar-refractivity contribution in [3.05, 3.63) is 47.5 Å². The van der Waals surface area contributed by atoms with Gasteiger partial charge < -0.3 is 19.3 Å². The number of methoxy groups -OCH3 is 1. The van der Waals surface area contributed by atoms with Gasteiger partial charge in [0.05, 0.1) is 26.1 Å². The maximum atomic E-state index is 14.6. The molecule has 3 heterocycles. The van der Waals surface area contributed by atoms with Gasteiger partial charge in [-0.05, 0) is 67.6 Å². The molecule has 1 aromatic heterocycles. The van der Waals surface area contributed by atoms with E-state index in [2.05, 4.69) is 19.6 Å². The minimum Gasteiger partial charge on any atom is -0.493 e. The maximum Gasteiger partial charge on any atom is 0.312 e. The number of carbonyl (C=O) groups excluding carboxylic acids is 2. The fourth-order valence-electron chi connectivity index (χ4n) is 5.62. The summed E-state index contributed by atoms with van der Waals surface area (Å²) in [6, 6.07) is 4.71. The van der Waals surface area contributed by atoms with Crippen LogP contribution in [0.5, 0.6) is 5.75 Å². The van der Waals surface area contributed by atoms with Gasteiger partial charge in [0.2, 0.25) is 11.9 Å².